The van der Waals surface area contributed by atoms with Gasteiger partial charge in [0.2, 0.25) is 0 Å². The number of hydrogen-bond acceptors (Lipinski definition) is 3. The summed E-state index contributed by atoms with van der Waals surface area (Å²) in [5.41, 5.74) is 0. The molecule has 0 saturated carbocycles. The summed E-state index contributed by atoms with van der Waals surface area (Å²) in [7, 11) is 1.40. The van der Waals surface area contributed by atoms with Crippen molar-refractivity contribution in [1.82, 2.24) is 0 Å². The van der Waals surface area contributed by atoms with E-state index in [9.17, 15) is 8.60 Å². The van der Waals surface area contributed by atoms with Crippen LogP contribution in [0, 0.1) is 5.82 Å². The van der Waals surface area contributed by atoms with Gasteiger partial charge in [-0.25, -0.2) is 8.60 Å². The van der Waals surface area contributed by atoms with Crippen molar-refractivity contribution in [2.45, 2.75) is 4.90 Å². The standard InChI is InChI=1S/C8H9FO4S.Li.H/c1-12-5-13-7-4-2-3-6(9)8(7)14(10)11;;/h2-4H,5H2,1H3,(H,10,11);;/q;+1;-1. The zero-order chi connectivity index (χ0) is 10.6. The van der Waals surface area contributed by atoms with Gasteiger partial charge in [0.15, 0.2) is 17.9 Å². The van der Waals surface area contributed by atoms with E-state index in [1.165, 1.54) is 19.2 Å². The molecule has 80 valence electrons. The van der Waals surface area contributed by atoms with E-state index in [0.717, 1.165) is 6.07 Å². The number of ether oxygens (including phenoxy) is 2. The minimum Gasteiger partial charge on any atom is -1.00 e. The summed E-state index contributed by atoms with van der Waals surface area (Å²) in [4.78, 5) is -0.371. The fourth-order valence-corrected chi connectivity index (χ4v) is 1.43. The molecule has 0 aliphatic heterocycles. The normalized spacial score (nSPS) is 11.7. The van der Waals surface area contributed by atoms with Gasteiger partial charge in [0.1, 0.15) is 16.5 Å². The quantitative estimate of drug-likeness (QED) is 0.387. The van der Waals surface area contributed by atoms with Gasteiger partial charge >= 0.3 is 18.9 Å². The summed E-state index contributed by atoms with van der Waals surface area (Å²) in [5, 5.41) is 0. The summed E-state index contributed by atoms with van der Waals surface area (Å²) < 4.78 is 42.1. The number of halogens is 1. The van der Waals surface area contributed by atoms with Gasteiger partial charge in [-0.1, -0.05) is 6.07 Å². The van der Waals surface area contributed by atoms with Crippen molar-refractivity contribution in [2.24, 2.45) is 0 Å². The predicted molar refractivity (Wildman–Crippen MR) is 49.1 cm³/mol. The SMILES string of the molecule is COCOc1cccc(F)c1S(=O)O.[H-].[Li+]. The molecule has 4 nitrogen and oxygen atoms in total. The molecule has 0 aliphatic rings. The molecule has 0 amide bonds. The van der Waals surface area contributed by atoms with Crippen LogP contribution in [0.3, 0.4) is 0 Å². The van der Waals surface area contributed by atoms with Gasteiger partial charge in [-0.15, -0.1) is 0 Å². The summed E-state index contributed by atoms with van der Waals surface area (Å²) in [6, 6.07) is 3.87. The van der Waals surface area contributed by atoms with Crippen molar-refractivity contribution in [2.75, 3.05) is 13.9 Å². The van der Waals surface area contributed by atoms with E-state index in [1.54, 1.807) is 0 Å². The van der Waals surface area contributed by atoms with Gasteiger partial charge in [-0.05, 0) is 12.1 Å². The summed E-state index contributed by atoms with van der Waals surface area (Å²) in [6.45, 7) is -0.104. The van der Waals surface area contributed by atoms with Crippen molar-refractivity contribution in [1.29, 1.82) is 0 Å². The third kappa shape index (κ3) is 3.93. The van der Waals surface area contributed by atoms with Crippen LogP contribution >= 0.6 is 0 Å². The fourth-order valence-electron chi connectivity index (χ4n) is 0.895. The van der Waals surface area contributed by atoms with Gasteiger partial charge in [0, 0.05) is 7.11 Å². The summed E-state index contributed by atoms with van der Waals surface area (Å²) in [6.07, 6.45) is 0. The van der Waals surface area contributed by atoms with E-state index in [-0.39, 0.29) is 37.7 Å². The average molecular weight is 228 g/mol. The van der Waals surface area contributed by atoms with Gasteiger partial charge in [-0.2, -0.15) is 0 Å². The molecular formula is C8H10FLiO4S. The van der Waals surface area contributed by atoms with Gasteiger partial charge in [-0.3, -0.25) is 0 Å². The van der Waals surface area contributed by atoms with Crippen molar-refractivity contribution in [3.05, 3.63) is 24.0 Å². The smallest absolute Gasteiger partial charge is 1.00 e. The molecule has 1 aromatic carbocycles. The average Bonchev–Trinajstić information content (AvgIpc) is 2.14. The maximum atomic E-state index is 13.1. The third-order valence-corrected chi connectivity index (χ3v) is 2.18. The second kappa shape index (κ2) is 6.98. The fraction of sp³-hybridized carbons (Fsp3) is 0.250. The van der Waals surface area contributed by atoms with Crippen LogP contribution in [0.5, 0.6) is 5.75 Å². The zero-order valence-electron chi connectivity index (χ0n) is 9.40. The molecule has 0 fully saturated rings. The maximum absolute atomic E-state index is 13.1. The zero-order valence-corrected chi connectivity index (χ0v) is 9.21. The summed E-state index contributed by atoms with van der Waals surface area (Å²) >= 11 is -2.41. The number of benzene rings is 1. The Bertz CT molecular complexity index is 353. The maximum Gasteiger partial charge on any atom is 1.00 e. The Morgan fingerprint density at radius 1 is 1.60 bits per heavy atom. The van der Waals surface area contributed by atoms with Gasteiger partial charge < -0.3 is 15.5 Å². The Balaban J connectivity index is 0. The summed E-state index contributed by atoms with van der Waals surface area (Å²) in [5.74, 6) is -0.771. The molecule has 0 aromatic heterocycles. The molecule has 7 heteroatoms. The first kappa shape index (κ1) is 14.6. The molecular weight excluding hydrogens is 218 g/mol. The molecule has 1 rings (SSSR count). The molecule has 15 heavy (non-hydrogen) atoms. The van der Waals surface area contributed by atoms with Crippen molar-refractivity contribution >= 4 is 11.1 Å². The number of hydrogen-bond donors (Lipinski definition) is 1. The van der Waals surface area contributed by atoms with E-state index in [1.807, 2.05) is 0 Å². The molecule has 0 spiro atoms. The van der Waals surface area contributed by atoms with E-state index >= 15 is 0 Å². The Labute approximate surface area is 103 Å². The molecule has 1 unspecified atom stereocenters. The van der Waals surface area contributed by atoms with Crippen LogP contribution in [0.1, 0.15) is 1.43 Å². The minimum absolute atomic E-state index is 0. The van der Waals surface area contributed by atoms with Crippen LogP contribution in [-0.4, -0.2) is 22.7 Å². The molecule has 0 aliphatic carbocycles. The monoisotopic (exact) mass is 228 g/mol. The second-order valence-electron chi connectivity index (χ2n) is 2.37. The molecule has 1 N–H and O–H groups in total. The van der Waals surface area contributed by atoms with Gasteiger partial charge in [0.25, 0.3) is 0 Å². The third-order valence-electron chi connectivity index (χ3n) is 1.44. The first-order valence-electron chi connectivity index (χ1n) is 3.68. The number of methoxy groups -OCH3 is 1. The van der Waals surface area contributed by atoms with E-state index in [4.69, 9.17) is 9.29 Å². The Kier molecular flexibility index (Phi) is 6.81. The van der Waals surface area contributed by atoms with Crippen LogP contribution in [0.25, 0.3) is 0 Å². The first-order chi connectivity index (χ1) is 6.66. The minimum atomic E-state index is -2.41. The second-order valence-corrected chi connectivity index (χ2v) is 3.27. The van der Waals surface area contributed by atoms with Crippen molar-refractivity contribution < 1.29 is 42.9 Å². The molecule has 0 bridgehead atoms. The molecule has 0 heterocycles. The van der Waals surface area contributed by atoms with Crippen LogP contribution in [0.2, 0.25) is 0 Å². The van der Waals surface area contributed by atoms with E-state index in [2.05, 4.69) is 4.74 Å². The van der Waals surface area contributed by atoms with Gasteiger partial charge in [0.05, 0.1) is 0 Å². The van der Waals surface area contributed by atoms with Crippen molar-refractivity contribution in [3.63, 3.8) is 0 Å². The van der Waals surface area contributed by atoms with Crippen molar-refractivity contribution in [3.8, 4) is 5.75 Å². The topological polar surface area (TPSA) is 55.8 Å². The van der Waals surface area contributed by atoms with Crippen LogP contribution in [0.15, 0.2) is 23.1 Å². The Morgan fingerprint density at radius 2 is 2.27 bits per heavy atom. The largest absolute Gasteiger partial charge is 1.00 e. The van der Waals surface area contributed by atoms with Crippen LogP contribution < -0.4 is 23.6 Å². The first-order valence-corrected chi connectivity index (χ1v) is 4.78. The van der Waals surface area contributed by atoms with Crippen LogP contribution in [-0.2, 0) is 15.8 Å². The molecule has 0 radical (unpaired) electrons. The molecule has 0 saturated heterocycles. The molecule has 1 aromatic rings. The molecule has 1 atom stereocenters. The van der Waals surface area contributed by atoms with E-state index in [0.29, 0.717) is 0 Å². The van der Waals surface area contributed by atoms with E-state index < -0.39 is 16.9 Å². The van der Waals surface area contributed by atoms with Crippen LogP contribution in [0.4, 0.5) is 4.39 Å². The Hall–Kier alpha value is -0.383. The predicted octanol–water partition coefficient (Wildman–Crippen LogP) is -1.49. The number of rotatable bonds is 4. The Morgan fingerprint density at radius 3 is 2.80 bits per heavy atom.